The molecule has 1 atom stereocenters. The van der Waals surface area contributed by atoms with Crippen molar-refractivity contribution in [2.24, 2.45) is 0 Å². The van der Waals surface area contributed by atoms with Gasteiger partial charge in [0.1, 0.15) is 0 Å². The fourth-order valence-electron chi connectivity index (χ4n) is 2.28. The van der Waals surface area contributed by atoms with Gasteiger partial charge in [-0.25, -0.2) is 0 Å². The van der Waals surface area contributed by atoms with Crippen LogP contribution in [0.25, 0.3) is 0 Å². The number of H-pyrrole nitrogens is 1. The van der Waals surface area contributed by atoms with Gasteiger partial charge in [-0.15, -0.1) is 0 Å². The third-order valence-electron chi connectivity index (χ3n) is 3.10. The third-order valence-corrected chi connectivity index (χ3v) is 3.10. The molecule has 0 aromatic carbocycles. The number of likely N-dealkylation sites (tertiary alicyclic amines) is 1. The molecule has 1 saturated heterocycles. The van der Waals surface area contributed by atoms with Gasteiger partial charge in [-0.05, 0) is 24.8 Å². The Bertz CT molecular complexity index is 418. The highest BCUT2D eigenvalue weighted by molar-refractivity contribution is 5.73. The minimum Gasteiger partial charge on any atom is -0.336 e. The Labute approximate surface area is 94.3 Å². The van der Waals surface area contributed by atoms with Gasteiger partial charge in [0.05, 0.1) is 6.04 Å². The first kappa shape index (κ1) is 10.9. The Balaban J connectivity index is 2.26. The lowest BCUT2D eigenvalue weighted by Gasteiger charge is -2.35. The van der Waals surface area contributed by atoms with Crippen molar-refractivity contribution in [1.82, 2.24) is 9.88 Å². The second-order valence-electron chi connectivity index (χ2n) is 4.21. The van der Waals surface area contributed by atoms with Crippen molar-refractivity contribution in [2.45, 2.75) is 32.2 Å². The van der Waals surface area contributed by atoms with Gasteiger partial charge in [0.25, 0.3) is 0 Å². The zero-order valence-electron chi connectivity index (χ0n) is 9.40. The number of piperidine rings is 1. The van der Waals surface area contributed by atoms with Crippen LogP contribution in [0.2, 0.25) is 0 Å². The van der Waals surface area contributed by atoms with Crippen molar-refractivity contribution in [3.05, 3.63) is 34.2 Å². The molecule has 4 heteroatoms. The first-order chi connectivity index (χ1) is 7.68. The van der Waals surface area contributed by atoms with Crippen LogP contribution in [-0.2, 0) is 4.79 Å². The van der Waals surface area contributed by atoms with Gasteiger partial charge in [0.15, 0.2) is 0 Å². The highest BCUT2D eigenvalue weighted by atomic mass is 16.2. The molecule has 0 unspecified atom stereocenters. The van der Waals surface area contributed by atoms with Gasteiger partial charge in [-0.1, -0.05) is 6.07 Å². The molecule has 0 spiro atoms. The second-order valence-corrected chi connectivity index (χ2v) is 4.21. The van der Waals surface area contributed by atoms with E-state index in [1.54, 1.807) is 13.1 Å². The molecule has 2 rings (SSSR count). The van der Waals surface area contributed by atoms with Crippen LogP contribution in [0.1, 0.15) is 37.8 Å². The number of hydrogen-bond acceptors (Lipinski definition) is 2. The second kappa shape index (κ2) is 4.51. The first-order valence-electron chi connectivity index (χ1n) is 5.64. The fourth-order valence-corrected chi connectivity index (χ4v) is 2.28. The minimum atomic E-state index is -0.103. The van der Waals surface area contributed by atoms with E-state index in [1.807, 2.05) is 11.0 Å². The summed E-state index contributed by atoms with van der Waals surface area (Å²) >= 11 is 0. The van der Waals surface area contributed by atoms with E-state index in [1.165, 1.54) is 6.07 Å². The molecule has 1 aliphatic rings. The summed E-state index contributed by atoms with van der Waals surface area (Å²) in [5.41, 5.74) is 0.920. The molecule has 0 saturated carbocycles. The number of hydrogen-bond donors (Lipinski definition) is 1. The Hall–Kier alpha value is -1.58. The Morgan fingerprint density at radius 1 is 1.44 bits per heavy atom. The van der Waals surface area contributed by atoms with E-state index in [0.717, 1.165) is 31.4 Å². The van der Waals surface area contributed by atoms with Crippen molar-refractivity contribution in [3.8, 4) is 0 Å². The molecular formula is C12H16N2O2. The van der Waals surface area contributed by atoms with E-state index in [0.29, 0.717) is 0 Å². The Morgan fingerprint density at radius 2 is 2.25 bits per heavy atom. The summed E-state index contributed by atoms with van der Waals surface area (Å²) < 4.78 is 0. The van der Waals surface area contributed by atoms with Crippen LogP contribution in [-0.4, -0.2) is 22.3 Å². The summed E-state index contributed by atoms with van der Waals surface area (Å²) in [7, 11) is 0. The normalized spacial score (nSPS) is 20.8. The average molecular weight is 220 g/mol. The molecule has 1 aliphatic heterocycles. The van der Waals surface area contributed by atoms with Crippen molar-refractivity contribution in [1.29, 1.82) is 0 Å². The topological polar surface area (TPSA) is 53.2 Å². The largest absolute Gasteiger partial charge is 0.336 e. The lowest BCUT2D eigenvalue weighted by molar-refractivity contribution is -0.132. The van der Waals surface area contributed by atoms with Crippen molar-refractivity contribution < 1.29 is 4.79 Å². The van der Waals surface area contributed by atoms with Crippen LogP contribution >= 0.6 is 0 Å². The zero-order chi connectivity index (χ0) is 11.5. The number of aromatic amines is 1. The number of rotatable bonds is 1. The van der Waals surface area contributed by atoms with Crippen LogP contribution in [0.4, 0.5) is 0 Å². The highest BCUT2D eigenvalue weighted by Crippen LogP contribution is 2.29. The monoisotopic (exact) mass is 220 g/mol. The molecule has 1 aromatic rings. The van der Waals surface area contributed by atoms with E-state index in [9.17, 15) is 9.59 Å². The van der Waals surface area contributed by atoms with Crippen molar-refractivity contribution in [2.75, 3.05) is 6.54 Å². The molecule has 0 radical (unpaired) electrons. The predicted octanol–water partition coefficient (Wildman–Crippen LogP) is 1.45. The summed E-state index contributed by atoms with van der Waals surface area (Å²) in [6, 6.07) is 3.45. The summed E-state index contributed by atoms with van der Waals surface area (Å²) in [4.78, 5) is 27.0. The molecule has 1 fully saturated rings. The molecule has 1 N–H and O–H groups in total. The lowest BCUT2D eigenvalue weighted by atomic mass is 9.96. The van der Waals surface area contributed by atoms with Gasteiger partial charge in [-0.3, -0.25) is 9.59 Å². The summed E-state index contributed by atoms with van der Waals surface area (Å²) in [6.07, 6.45) is 4.90. The number of nitrogens with zero attached hydrogens (tertiary/aromatic N) is 1. The number of nitrogens with one attached hydrogen (secondary N) is 1. The number of carbonyl (C=O) groups is 1. The number of aromatic nitrogens is 1. The maximum atomic E-state index is 11.5. The number of amides is 1. The molecule has 2 heterocycles. The molecule has 0 aliphatic carbocycles. The molecule has 1 aromatic heterocycles. The summed E-state index contributed by atoms with van der Waals surface area (Å²) in [5.74, 6) is 0.107. The van der Waals surface area contributed by atoms with Crippen molar-refractivity contribution in [3.63, 3.8) is 0 Å². The first-order valence-corrected chi connectivity index (χ1v) is 5.64. The standard InChI is InChI=1S/C12H16N2O2/c1-9(15)14-7-3-2-4-11(14)10-5-6-12(16)13-8-10/h5-6,8,11H,2-4,7H2,1H3,(H,13,16)/t11-/m0/s1. The van der Waals surface area contributed by atoms with E-state index >= 15 is 0 Å². The fraction of sp³-hybridized carbons (Fsp3) is 0.500. The van der Waals surface area contributed by atoms with Crippen LogP contribution in [0, 0.1) is 0 Å². The van der Waals surface area contributed by atoms with Crippen LogP contribution in [0.5, 0.6) is 0 Å². The summed E-state index contributed by atoms with van der Waals surface area (Å²) in [6.45, 7) is 2.42. The molecule has 1 amide bonds. The SMILES string of the molecule is CC(=O)N1CCCC[C@H]1c1ccc(=O)[nH]c1. The average Bonchev–Trinajstić information content (AvgIpc) is 2.30. The lowest BCUT2D eigenvalue weighted by Crippen LogP contribution is -2.37. The van der Waals surface area contributed by atoms with Gasteiger partial charge in [0, 0.05) is 25.7 Å². The maximum Gasteiger partial charge on any atom is 0.247 e. The zero-order valence-corrected chi connectivity index (χ0v) is 9.40. The Morgan fingerprint density at radius 3 is 2.88 bits per heavy atom. The van der Waals surface area contributed by atoms with Crippen LogP contribution < -0.4 is 5.56 Å². The molecule has 0 bridgehead atoms. The highest BCUT2D eigenvalue weighted by Gasteiger charge is 2.25. The number of carbonyl (C=O) groups excluding carboxylic acids is 1. The van der Waals surface area contributed by atoms with Crippen LogP contribution in [0.15, 0.2) is 23.1 Å². The molecule has 86 valence electrons. The van der Waals surface area contributed by atoms with Gasteiger partial charge < -0.3 is 9.88 Å². The van der Waals surface area contributed by atoms with Crippen molar-refractivity contribution >= 4 is 5.91 Å². The number of pyridine rings is 1. The third kappa shape index (κ3) is 2.15. The van der Waals surface area contributed by atoms with Gasteiger partial charge >= 0.3 is 0 Å². The molecular weight excluding hydrogens is 204 g/mol. The molecule has 4 nitrogen and oxygen atoms in total. The molecule has 16 heavy (non-hydrogen) atoms. The van der Waals surface area contributed by atoms with Crippen LogP contribution in [0.3, 0.4) is 0 Å². The van der Waals surface area contributed by atoms with E-state index in [4.69, 9.17) is 0 Å². The van der Waals surface area contributed by atoms with E-state index < -0.39 is 0 Å². The predicted molar refractivity (Wildman–Crippen MR) is 61.0 cm³/mol. The van der Waals surface area contributed by atoms with Gasteiger partial charge in [0.2, 0.25) is 11.5 Å². The van der Waals surface area contributed by atoms with Gasteiger partial charge in [-0.2, -0.15) is 0 Å². The van der Waals surface area contributed by atoms with E-state index in [2.05, 4.69) is 4.98 Å². The maximum absolute atomic E-state index is 11.5. The smallest absolute Gasteiger partial charge is 0.247 e. The van der Waals surface area contributed by atoms with E-state index in [-0.39, 0.29) is 17.5 Å². The quantitative estimate of drug-likeness (QED) is 0.778. The Kier molecular flexibility index (Phi) is 3.08. The summed E-state index contributed by atoms with van der Waals surface area (Å²) in [5, 5.41) is 0. The minimum absolute atomic E-state index is 0.103.